The van der Waals surface area contributed by atoms with Crippen LogP contribution in [0.1, 0.15) is 16.1 Å². The lowest BCUT2D eigenvalue weighted by Gasteiger charge is -2.11. The number of nitrogens with zero attached hydrogens (tertiary/aromatic N) is 3. The van der Waals surface area contributed by atoms with E-state index in [0.29, 0.717) is 0 Å². The maximum absolute atomic E-state index is 4.60. The maximum Gasteiger partial charge on any atom is 0.191 e. The molecule has 0 atom stereocenters. The lowest BCUT2D eigenvalue weighted by atomic mass is 10.3. The molecule has 0 aliphatic carbocycles. The van der Waals surface area contributed by atoms with Crippen LogP contribution in [0.4, 0.5) is 0 Å². The average Bonchev–Trinajstić information content (AvgIpc) is 3.16. The summed E-state index contributed by atoms with van der Waals surface area (Å²) in [7, 11) is 1.79. The molecule has 0 aliphatic rings. The topological polar surface area (TPSA) is 53.7 Å². The predicted octanol–water partition coefficient (Wildman–Crippen LogP) is 3.23. The van der Waals surface area contributed by atoms with Gasteiger partial charge in [-0.2, -0.15) is 0 Å². The predicted molar refractivity (Wildman–Crippen MR) is 112 cm³/mol. The minimum absolute atomic E-state index is 0. The summed E-state index contributed by atoms with van der Waals surface area (Å²) in [6.07, 6.45) is 4.95. The molecule has 0 saturated carbocycles. The number of guanidine groups is 1. The largest absolute Gasteiger partial charge is 0.356 e. The van der Waals surface area contributed by atoms with Gasteiger partial charge in [-0.3, -0.25) is 4.99 Å². The Balaban J connectivity index is 0.00000208. The fourth-order valence-corrected chi connectivity index (χ4v) is 3.23. The number of pyridine rings is 1. The summed E-state index contributed by atoms with van der Waals surface area (Å²) >= 11 is 1.77. The maximum atomic E-state index is 4.60. The SMILES string of the molecule is CN=C(NCCc1cn2ccccc2n1)NCc1sccc1C.I. The van der Waals surface area contributed by atoms with Gasteiger partial charge in [-0.15, -0.1) is 35.3 Å². The number of hydrogen-bond donors (Lipinski definition) is 2. The number of fused-ring (bicyclic) bond motifs is 1. The van der Waals surface area contributed by atoms with E-state index in [1.807, 2.05) is 28.8 Å². The molecule has 5 nitrogen and oxygen atoms in total. The minimum Gasteiger partial charge on any atom is -0.356 e. The smallest absolute Gasteiger partial charge is 0.191 e. The number of aryl methyl sites for hydroxylation is 1. The molecule has 0 aromatic carbocycles. The van der Waals surface area contributed by atoms with Gasteiger partial charge in [-0.1, -0.05) is 6.07 Å². The molecule has 2 N–H and O–H groups in total. The van der Waals surface area contributed by atoms with Gasteiger partial charge < -0.3 is 15.0 Å². The Hall–Kier alpha value is -1.61. The normalized spacial score (nSPS) is 11.3. The van der Waals surface area contributed by atoms with E-state index in [2.05, 4.69) is 45.2 Å². The van der Waals surface area contributed by atoms with Crippen molar-refractivity contribution in [2.75, 3.05) is 13.6 Å². The van der Waals surface area contributed by atoms with E-state index in [9.17, 15) is 0 Å². The van der Waals surface area contributed by atoms with Crippen LogP contribution in [0.25, 0.3) is 5.65 Å². The van der Waals surface area contributed by atoms with E-state index in [1.54, 1.807) is 18.4 Å². The van der Waals surface area contributed by atoms with E-state index < -0.39 is 0 Å². The van der Waals surface area contributed by atoms with Crippen molar-refractivity contribution in [2.24, 2.45) is 4.99 Å². The summed E-state index contributed by atoms with van der Waals surface area (Å²) in [6, 6.07) is 8.17. The monoisotopic (exact) mass is 455 g/mol. The van der Waals surface area contributed by atoms with Crippen molar-refractivity contribution in [3.63, 3.8) is 0 Å². The molecule has 128 valence electrons. The summed E-state index contributed by atoms with van der Waals surface area (Å²) < 4.78 is 2.04. The second-order valence-corrected chi connectivity index (χ2v) is 6.33. The van der Waals surface area contributed by atoms with Gasteiger partial charge in [-0.05, 0) is 36.1 Å². The zero-order valence-electron chi connectivity index (χ0n) is 13.8. The summed E-state index contributed by atoms with van der Waals surface area (Å²) in [6.45, 7) is 3.73. The minimum atomic E-state index is 0. The number of halogens is 1. The molecule has 0 aliphatic heterocycles. The van der Waals surface area contributed by atoms with E-state index in [4.69, 9.17) is 0 Å². The second-order valence-electron chi connectivity index (χ2n) is 5.33. The van der Waals surface area contributed by atoms with Crippen LogP contribution >= 0.6 is 35.3 Å². The molecule has 0 saturated heterocycles. The zero-order valence-corrected chi connectivity index (χ0v) is 17.0. The molecule has 3 heterocycles. The molecule has 3 rings (SSSR count). The second kappa shape index (κ2) is 9.03. The van der Waals surface area contributed by atoms with Crippen molar-refractivity contribution in [1.82, 2.24) is 20.0 Å². The molecule has 3 aromatic heterocycles. The Kier molecular flexibility index (Phi) is 7.04. The number of aromatic nitrogens is 2. The molecular formula is C17H22IN5S. The number of nitrogens with one attached hydrogen (secondary N) is 2. The Morgan fingerprint density at radius 1 is 1.29 bits per heavy atom. The van der Waals surface area contributed by atoms with Crippen LogP contribution in [-0.4, -0.2) is 28.9 Å². The first kappa shape index (κ1) is 18.7. The van der Waals surface area contributed by atoms with Gasteiger partial charge in [0.25, 0.3) is 0 Å². The molecule has 0 bridgehead atoms. The fraction of sp³-hybridized carbons (Fsp3) is 0.294. The molecule has 0 radical (unpaired) electrons. The highest BCUT2D eigenvalue weighted by Gasteiger charge is 2.04. The first-order valence-electron chi connectivity index (χ1n) is 7.66. The standard InChI is InChI=1S/C17H21N5S.HI/c1-13-7-10-23-15(13)11-20-17(18-2)19-8-6-14-12-22-9-4-3-5-16(22)21-14;/h3-5,7,9-10,12H,6,8,11H2,1-2H3,(H2,18,19,20);1H. The van der Waals surface area contributed by atoms with Gasteiger partial charge in [-0.25, -0.2) is 4.98 Å². The highest BCUT2D eigenvalue weighted by molar-refractivity contribution is 14.0. The first-order valence-corrected chi connectivity index (χ1v) is 8.54. The molecular weight excluding hydrogens is 433 g/mol. The Bertz CT molecular complexity index is 775. The average molecular weight is 455 g/mol. The molecule has 0 spiro atoms. The van der Waals surface area contributed by atoms with Gasteiger partial charge in [0.15, 0.2) is 5.96 Å². The quantitative estimate of drug-likeness (QED) is 0.353. The van der Waals surface area contributed by atoms with Crippen molar-refractivity contribution in [3.05, 3.63) is 58.2 Å². The van der Waals surface area contributed by atoms with Crippen molar-refractivity contribution >= 4 is 46.9 Å². The highest BCUT2D eigenvalue weighted by Crippen LogP contribution is 2.14. The molecule has 0 amide bonds. The fourth-order valence-electron chi connectivity index (χ4n) is 2.39. The first-order chi connectivity index (χ1) is 11.3. The van der Waals surface area contributed by atoms with Crippen molar-refractivity contribution in [2.45, 2.75) is 19.9 Å². The van der Waals surface area contributed by atoms with Gasteiger partial charge in [0, 0.05) is 37.3 Å². The van der Waals surface area contributed by atoms with Crippen LogP contribution in [0.2, 0.25) is 0 Å². The third kappa shape index (κ3) is 4.70. The van der Waals surface area contributed by atoms with Crippen LogP contribution in [0.5, 0.6) is 0 Å². The van der Waals surface area contributed by atoms with E-state index in [0.717, 1.165) is 36.8 Å². The number of hydrogen-bond acceptors (Lipinski definition) is 3. The zero-order chi connectivity index (χ0) is 16.1. The summed E-state index contributed by atoms with van der Waals surface area (Å²) in [4.78, 5) is 10.2. The lowest BCUT2D eigenvalue weighted by Crippen LogP contribution is -2.37. The molecule has 7 heteroatoms. The van der Waals surface area contributed by atoms with Gasteiger partial charge in [0.05, 0.1) is 12.2 Å². The van der Waals surface area contributed by atoms with E-state index in [1.165, 1.54) is 10.4 Å². The summed E-state index contributed by atoms with van der Waals surface area (Å²) in [5.74, 6) is 0.821. The molecule has 0 unspecified atom stereocenters. The molecule has 24 heavy (non-hydrogen) atoms. The van der Waals surface area contributed by atoms with Crippen molar-refractivity contribution in [1.29, 1.82) is 0 Å². The number of aliphatic imine (C=N–C) groups is 1. The van der Waals surface area contributed by atoms with E-state index >= 15 is 0 Å². The van der Waals surface area contributed by atoms with Gasteiger partial charge >= 0.3 is 0 Å². The highest BCUT2D eigenvalue weighted by atomic mass is 127. The van der Waals surface area contributed by atoms with Crippen LogP contribution in [-0.2, 0) is 13.0 Å². The Morgan fingerprint density at radius 2 is 2.17 bits per heavy atom. The number of rotatable bonds is 5. The van der Waals surface area contributed by atoms with Crippen LogP contribution in [0, 0.1) is 6.92 Å². The third-order valence-corrected chi connectivity index (χ3v) is 4.72. The van der Waals surface area contributed by atoms with Crippen LogP contribution < -0.4 is 10.6 Å². The number of thiophene rings is 1. The van der Waals surface area contributed by atoms with Gasteiger partial charge in [0.2, 0.25) is 0 Å². The number of imidazole rings is 1. The Labute approximate surface area is 163 Å². The van der Waals surface area contributed by atoms with Crippen LogP contribution in [0.15, 0.2) is 47.0 Å². The molecule has 0 fully saturated rings. The summed E-state index contributed by atoms with van der Waals surface area (Å²) in [5, 5.41) is 8.80. The van der Waals surface area contributed by atoms with Crippen molar-refractivity contribution in [3.8, 4) is 0 Å². The van der Waals surface area contributed by atoms with Crippen molar-refractivity contribution < 1.29 is 0 Å². The third-order valence-electron chi connectivity index (χ3n) is 3.70. The molecule has 3 aromatic rings. The lowest BCUT2D eigenvalue weighted by molar-refractivity contribution is 0.790. The van der Waals surface area contributed by atoms with Gasteiger partial charge in [0.1, 0.15) is 5.65 Å². The summed E-state index contributed by atoms with van der Waals surface area (Å²) in [5.41, 5.74) is 3.38. The van der Waals surface area contributed by atoms with Crippen LogP contribution in [0.3, 0.4) is 0 Å². The Morgan fingerprint density at radius 3 is 2.88 bits per heavy atom. The van der Waals surface area contributed by atoms with E-state index in [-0.39, 0.29) is 24.0 Å².